The fourth-order valence-electron chi connectivity index (χ4n) is 2.34. The summed E-state index contributed by atoms with van der Waals surface area (Å²) in [5.41, 5.74) is 5.39. The van der Waals surface area contributed by atoms with Crippen LogP contribution >= 0.6 is 0 Å². The maximum Gasteiger partial charge on any atom is 0.433 e. The Hall–Kier alpha value is -1.30. The quantitative estimate of drug-likeness (QED) is 0.887. The molecule has 1 aliphatic rings. The SMILES string of the molecule is NCC1CCCCN1c1ccnc(C(F)(F)F)c1. The van der Waals surface area contributed by atoms with Crippen LogP contribution in [0, 0.1) is 0 Å². The van der Waals surface area contributed by atoms with E-state index >= 15 is 0 Å². The number of hydrogen-bond donors (Lipinski definition) is 1. The zero-order chi connectivity index (χ0) is 13.2. The van der Waals surface area contributed by atoms with E-state index in [-0.39, 0.29) is 6.04 Å². The smallest absolute Gasteiger partial charge is 0.367 e. The number of rotatable bonds is 2. The zero-order valence-electron chi connectivity index (χ0n) is 9.95. The van der Waals surface area contributed by atoms with Crippen molar-refractivity contribution in [2.45, 2.75) is 31.5 Å². The van der Waals surface area contributed by atoms with Crippen molar-refractivity contribution in [1.29, 1.82) is 0 Å². The Balaban J connectivity index is 2.27. The fourth-order valence-corrected chi connectivity index (χ4v) is 2.34. The minimum absolute atomic E-state index is 0.127. The van der Waals surface area contributed by atoms with Gasteiger partial charge in [-0.15, -0.1) is 0 Å². The van der Waals surface area contributed by atoms with E-state index in [1.54, 1.807) is 6.07 Å². The lowest BCUT2D eigenvalue weighted by molar-refractivity contribution is -0.141. The Morgan fingerprint density at radius 3 is 2.83 bits per heavy atom. The Kier molecular flexibility index (Phi) is 3.75. The summed E-state index contributed by atoms with van der Waals surface area (Å²) in [6.07, 6.45) is -0.194. The molecule has 0 aromatic carbocycles. The summed E-state index contributed by atoms with van der Waals surface area (Å²) in [4.78, 5) is 5.33. The van der Waals surface area contributed by atoms with Gasteiger partial charge in [0.25, 0.3) is 0 Å². The molecule has 0 saturated carbocycles. The van der Waals surface area contributed by atoms with Crippen molar-refractivity contribution < 1.29 is 13.2 Å². The van der Waals surface area contributed by atoms with Gasteiger partial charge in [0.2, 0.25) is 0 Å². The van der Waals surface area contributed by atoms with E-state index in [4.69, 9.17) is 5.73 Å². The second-order valence-corrected chi connectivity index (χ2v) is 4.48. The van der Waals surface area contributed by atoms with Crippen molar-refractivity contribution >= 4 is 5.69 Å². The highest BCUT2D eigenvalue weighted by atomic mass is 19.4. The first kappa shape index (κ1) is 13.1. The van der Waals surface area contributed by atoms with Crippen LogP contribution in [-0.4, -0.2) is 24.1 Å². The molecule has 0 aliphatic carbocycles. The highest BCUT2D eigenvalue weighted by molar-refractivity contribution is 5.48. The highest BCUT2D eigenvalue weighted by Gasteiger charge is 2.33. The van der Waals surface area contributed by atoms with Gasteiger partial charge in [-0.25, -0.2) is 0 Å². The average Bonchev–Trinajstić information content (AvgIpc) is 2.38. The Bertz CT molecular complexity index is 406. The van der Waals surface area contributed by atoms with Gasteiger partial charge in [-0.1, -0.05) is 0 Å². The molecule has 2 N–H and O–H groups in total. The molecule has 1 aliphatic heterocycles. The zero-order valence-corrected chi connectivity index (χ0v) is 9.95. The first-order chi connectivity index (χ1) is 8.52. The molecule has 1 unspecified atom stereocenters. The Morgan fingerprint density at radius 1 is 1.39 bits per heavy atom. The van der Waals surface area contributed by atoms with Crippen molar-refractivity contribution in [2.75, 3.05) is 18.0 Å². The third kappa shape index (κ3) is 2.75. The van der Waals surface area contributed by atoms with Crippen LogP contribution in [0.25, 0.3) is 0 Å². The molecule has 2 heterocycles. The fraction of sp³-hybridized carbons (Fsp3) is 0.583. The van der Waals surface area contributed by atoms with Gasteiger partial charge in [0, 0.05) is 31.0 Å². The number of halogens is 3. The van der Waals surface area contributed by atoms with Crippen LogP contribution in [0.2, 0.25) is 0 Å². The highest BCUT2D eigenvalue weighted by Crippen LogP contribution is 2.31. The van der Waals surface area contributed by atoms with Gasteiger partial charge in [0.1, 0.15) is 5.69 Å². The first-order valence-electron chi connectivity index (χ1n) is 6.02. The molecule has 0 spiro atoms. The summed E-state index contributed by atoms with van der Waals surface area (Å²) in [7, 11) is 0. The second kappa shape index (κ2) is 5.14. The molecule has 1 atom stereocenters. The molecule has 100 valence electrons. The number of piperidine rings is 1. The molecular weight excluding hydrogens is 243 g/mol. The summed E-state index contributed by atoms with van der Waals surface area (Å²) in [6, 6.07) is 2.85. The number of alkyl halides is 3. The van der Waals surface area contributed by atoms with Gasteiger partial charge in [0.05, 0.1) is 0 Å². The topological polar surface area (TPSA) is 42.1 Å². The number of nitrogens with zero attached hydrogens (tertiary/aromatic N) is 2. The standard InChI is InChI=1S/C12H16F3N3/c13-12(14,15)11-7-9(4-5-17-11)18-6-2-1-3-10(18)8-16/h4-5,7,10H,1-3,6,8,16H2. The minimum atomic E-state index is -4.40. The van der Waals surface area contributed by atoms with Crippen molar-refractivity contribution in [3.05, 3.63) is 24.0 Å². The van der Waals surface area contributed by atoms with Crippen LogP contribution < -0.4 is 10.6 Å². The van der Waals surface area contributed by atoms with Gasteiger partial charge in [-0.3, -0.25) is 4.98 Å². The van der Waals surface area contributed by atoms with Crippen LogP contribution in [0.1, 0.15) is 25.0 Å². The second-order valence-electron chi connectivity index (χ2n) is 4.48. The van der Waals surface area contributed by atoms with Crippen molar-refractivity contribution in [1.82, 2.24) is 4.98 Å². The first-order valence-corrected chi connectivity index (χ1v) is 6.02. The average molecular weight is 259 g/mol. The maximum absolute atomic E-state index is 12.6. The molecule has 18 heavy (non-hydrogen) atoms. The lowest BCUT2D eigenvalue weighted by Gasteiger charge is -2.37. The van der Waals surface area contributed by atoms with E-state index in [1.807, 2.05) is 4.90 Å². The normalized spacial score (nSPS) is 21.1. The summed E-state index contributed by atoms with van der Waals surface area (Å²) in [6.45, 7) is 1.22. The van der Waals surface area contributed by atoms with E-state index in [9.17, 15) is 13.2 Å². The predicted octanol–water partition coefficient (Wildman–Crippen LogP) is 2.42. The molecule has 0 amide bonds. The number of hydrogen-bond acceptors (Lipinski definition) is 3. The van der Waals surface area contributed by atoms with Gasteiger partial charge >= 0.3 is 6.18 Å². The van der Waals surface area contributed by atoms with E-state index in [2.05, 4.69) is 4.98 Å². The van der Waals surface area contributed by atoms with Gasteiger partial charge in [-0.05, 0) is 31.4 Å². The molecule has 2 rings (SSSR count). The minimum Gasteiger partial charge on any atom is -0.367 e. The van der Waals surface area contributed by atoms with Crippen LogP contribution in [0.3, 0.4) is 0 Å². The molecule has 1 aromatic heterocycles. The lowest BCUT2D eigenvalue weighted by Crippen LogP contribution is -2.44. The van der Waals surface area contributed by atoms with Crippen LogP contribution in [0.4, 0.5) is 18.9 Å². The van der Waals surface area contributed by atoms with E-state index < -0.39 is 11.9 Å². The molecule has 6 heteroatoms. The summed E-state index contributed by atoms with van der Waals surface area (Å²) in [5, 5.41) is 0. The van der Waals surface area contributed by atoms with Gasteiger partial charge in [-0.2, -0.15) is 13.2 Å². The molecule has 0 bridgehead atoms. The van der Waals surface area contributed by atoms with Crippen molar-refractivity contribution in [3.63, 3.8) is 0 Å². The maximum atomic E-state index is 12.6. The summed E-state index contributed by atoms with van der Waals surface area (Å²) < 4.78 is 37.8. The number of nitrogens with two attached hydrogens (primary N) is 1. The largest absolute Gasteiger partial charge is 0.433 e. The number of pyridine rings is 1. The van der Waals surface area contributed by atoms with Gasteiger partial charge < -0.3 is 10.6 Å². The predicted molar refractivity (Wildman–Crippen MR) is 63.3 cm³/mol. The third-order valence-electron chi connectivity index (χ3n) is 3.26. The van der Waals surface area contributed by atoms with E-state index in [0.29, 0.717) is 12.2 Å². The van der Waals surface area contributed by atoms with Gasteiger partial charge in [0.15, 0.2) is 0 Å². The Morgan fingerprint density at radius 2 is 2.17 bits per heavy atom. The summed E-state index contributed by atoms with van der Waals surface area (Å²) in [5.74, 6) is 0. The number of anilines is 1. The Labute approximate surface area is 104 Å². The van der Waals surface area contributed by atoms with E-state index in [0.717, 1.165) is 31.9 Å². The summed E-state index contributed by atoms with van der Waals surface area (Å²) >= 11 is 0. The molecule has 1 fully saturated rings. The monoisotopic (exact) mass is 259 g/mol. The number of aromatic nitrogens is 1. The van der Waals surface area contributed by atoms with Crippen molar-refractivity contribution in [2.24, 2.45) is 5.73 Å². The molecule has 3 nitrogen and oxygen atoms in total. The van der Waals surface area contributed by atoms with Crippen LogP contribution in [0.15, 0.2) is 18.3 Å². The molecule has 1 aromatic rings. The van der Waals surface area contributed by atoms with Crippen molar-refractivity contribution in [3.8, 4) is 0 Å². The van der Waals surface area contributed by atoms with Crippen LogP contribution in [-0.2, 0) is 6.18 Å². The molecule has 1 saturated heterocycles. The third-order valence-corrected chi connectivity index (χ3v) is 3.26. The lowest BCUT2D eigenvalue weighted by atomic mass is 10.0. The molecule has 0 radical (unpaired) electrons. The van der Waals surface area contributed by atoms with E-state index in [1.165, 1.54) is 6.20 Å². The van der Waals surface area contributed by atoms with Crippen LogP contribution in [0.5, 0.6) is 0 Å². The molecular formula is C12H16F3N3.